The zero-order valence-corrected chi connectivity index (χ0v) is 16.0. The Morgan fingerprint density at radius 2 is 2.00 bits per heavy atom. The van der Waals surface area contributed by atoms with E-state index in [0.717, 1.165) is 27.8 Å². The van der Waals surface area contributed by atoms with Gasteiger partial charge in [0.25, 0.3) is 0 Å². The molecule has 0 fully saturated rings. The lowest BCUT2D eigenvalue weighted by molar-refractivity contribution is -0.125. The number of rotatable bonds is 6. The second-order valence-electron chi connectivity index (χ2n) is 6.84. The third-order valence-corrected chi connectivity index (χ3v) is 4.99. The molecule has 0 atom stereocenters. The van der Waals surface area contributed by atoms with Crippen LogP contribution in [-0.2, 0) is 16.6 Å². The Bertz CT molecular complexity index is 931. The molecular weight excluding hydrogens is 348 g/mol. The maximum Gasteiger partial charge on any atom is 0.230 e. The molecule has 1 heterocycles. The molecule has 0 saturated heterocycles. The molecule has 3 aromatic rings. The second kappa shape index (κ2) is 7.42. The van der Waals surface area contributed by atoms with Crippen LogP contribution in [0.3, 0.4) is 0 Å². The molecule has 0 aliphatic carbocycles. The van der Waals surface area contributed by atoms with Gasteiger partial charge in [0, 0.05) is 28.7 Å². The molecule has 0 spiro atoms. The van der Waals surface area contributed by atoms with Gasteiger partial charge in [0.05, 0.1) is 12.5 Å². The molecule has 0 aliphatic heterocycles. The smallest absolute Gasteiger partial charge is 0.230 e. The van der Waals surface area contributed by atoms with Gasteiger partial charge in [0.2, 0.25) is 5.91 Å². The van der Waals surface area contributed by atoms with Gasteiger partial charge in [0.15, 0.2) is 0 Å². The number of para-hydroxylation sites is 1. The Labute approximate surface area is 158 Å². The summed E-state index contributed by atoms with van der Waals surface area (Å²) >= 11 is 6.13. The number of hydrogen-bond acceptors (Lipinski definition) is 2. The fourth-order valence-corrected chi connectivity index (χ4v) is 3.35. The van der Waals surface area contributed by atoms with E-state index in [2.05, 4.69) is 10.3 Å². The van der Waals surface area contributed by atoms with Crippen LogP contribution in [-0.4, -0.2) is 24.5 Å². The number of fused-ring (bicyclic) bond motifs is 1. The predicted molar refractivity (Wildman–Crippen MR) is 106 cm³/mol. The van der Waals surface area contributed by atoms with Crippen molar-refractivity contribution in [2.24, 2.45) is 0 Å². The van der Waals surface area contributed by atoms with Crippen molar-refractivity contribution in [1.29, 1.82) is 0 Å². The molecule has 0 aliphatic rings. The minimum atomic E-state index is -0.677. The van der Waals surface area contributed by atoms with Crippen LogP contribution in [0, 0.1) is 0 Å². The van der Waals surface area contributed by atoms with Crippen LogP contribution in [0.25, 0.3) is 10.9 Å². The Morgan fingerprint density at radius 3 is 2.77 bits per heavy atom. The number of carbonyl (C=O) groups excluding carboxylic acids is 1. The number of amides is 1. The Balaban J connectivity index is 1.72. The maximum absolute atomic E-state index is 12.8. The van der Waals surface area contributed by atoms with E-state index in [9.17, 15) is 4.79 Å². The minimum Gasteiger partial charge on any atom is -0.496 e. The van der Waals surface area contributed by atoms with E-state index in [-0.39, 0.29) is 5.91 Å². The van der Waals surface area contributed by atoms with Crippen molar-refractivity contribution in [1.82, 2.24) is 10.3 Å². The summed E-state index contributed by atoms with van der Waals surface area (Å²) in [6.07, 6.45) is 2.60. The van der Waals surface area contributed by atoms with Gasteiger partial charge < -0.3 is 15.0 Å². The molecule has 2 N–H and O–H groups in total. The number of benzene rings is 2. The number of nitrogens with one attached hydrogen (secondary N) is 2. The number of ether oxygens (including phenoxy) is 1. The van der Waals surface area contributed by atoms with Crippen LogP contribution in [0.2, 0.25) is 5.02 Å². The number of halogens is 1. The fraction of sp³-hybridized carbons (Fsp3) is 0.286. The maximum atomic E-state index is 12.8. The van der Waals surface area contributed by atoms with Gasteiger partial charge in [-0.1, -0.05) is 29.8 Å². The second-order valence-corrected chi connectivity index (χ2v) is 7.27. The molecule has 1 aromatic heterocycles. The zero-order valence-electron chi connectivity index (χ0n) is 15.2. The first kappa shape index (κ1) is 18.3. The van der Waals surface area contributed by atoms with E-state index in [0.29, 0.717) is 18.0 Å². The van der Waals surface area contributed by atoms with E-state index in [1.807, 2.05) is 62.5 Å². The van der Waals surface area contributed by atoms with Gasteiger partial charge in [-0.25, -0.2) is 0 Å². The lowest BCUT2D eigenvalue weighted by Gasteiger charge is -2.23. The van der Waals surface area contributed by atoms with Crippen molar-refractivity contribution in [2.45, 2.75) is 25.7 Å². The standard InChI is InChI=1S/C21H23ClN2O2/c1-21(2,17-13-24-18-9-8-15(22)12-16(17)18)20(25)23-11-10-14-6-4-5-7-19(14)26-3/h4-9,12-13,24H,10-11H2,1-3H3,(H,23,25). The highest BCUT2D eigenvalue weighted by molar-refractivity contribution is 6.31. The van der Waals surface area contributed by atoms with Crippen molar-refractivity contribution >= 4 is 28.4 Å². The molecule has 0 bridgehead atoms. The monoisotopic (exact) mass is 370 g/mol. The molecule has 0 radical (unpaired) electrons. The van der Waals surface area contributed by atoms with Gasteiger partial charge >= 0.3 is 0 Å². The molecule has 26 heavy (non-hydrogen) atoms. The topological polar surface area (TPSA) is 54.1 Å². The average Bonchev–Trinajstić information content (AvgIpc) is 3.05. The van der Waals surface area contributed by atoms with Crippen LogP contribution < -0.4 is 10.1 Å². The summed E-state index contributed by atoms with van der Waals surface area (Å²) in [7, 11) is 1.66. The average molecular weight is 371 g/mol. The van der Waals surface area contributed by atoms with Crippen LogP contribution >= 0.6 is 11.6 Å². The Morgan fingerprint density at radius 1 is 1.23 bits per heavy atom. The largest absolute Gasteiger partial charge is 0.496 e. The summed E-state index contributed by atoms with van der Waals surface area (Å²) in [5, 5.41) is 4.68. The molecule has 136 valence electrons. The van der Waals surface area contributed by atoms with E-state index in [1.54, 1.807) is 7.11 Å². The molecule has 0 saturated carbocycles. The van der Waals surface area contributed by atoms with Crippen molar-refractivity contribution < 1.29 is 9.53 Å². The molecule has 3 rings (SSSR count). The van der Waals surface area contributed by atoms with Crippen molar-refractivity contribution in [3.8, 4) is 5.75 Å². The van der Waals surface area contributed by atoms with Crippen LogP contribution in [0.4, 0.5) is 0 Å². The van der Waals surface area contributed by atoms with E-state index < -0.39 is 5.41 Å². The highest BCUT2D eigenvalue weighted by Gasteiger charge is 2.32. The van der Waals surface area contributed by atoms with Gasteiger partial charge in [-0.2, -0.15) is 0 Å². The summed E-state index contributed by atoms with van der Waals surface area (Å²) < 4.78 is 5.36. The summed E-state index contributed by atoms with van der Waals surface area (Å²) in [5.41, 5.74) is 2.31. The first-order valence-corrected chi connectivity index (χ1v) is 8.98. The van der Waals surface area contributed by atoms with Crippen molar-refractivity contribution in [3.63, 3.8) is 0 Å². The van der Waals surface area contributed by atoms with Crippen LogP contribution in [0.1, 0.15) is 25.0 Å². The molecule has 0 unspecified atom stereocenters. The van der Waals surface area contributed by atoms with Gasteiger partial charge in [-0.15, -0.1) is 0 Å². The van der Waals surface area contributed by atoms with Crippen molar-refractivity contribution in [3.05, 3.63) is 64.8 Å². The summed E-state index contributed by atoms with van der Waals surface area (Å²) in [5.74, 6) is 0.820. The normalized spacial score (nSPS) is 11.5. The van der Waals surface area contributed by atoms with Crippen LogP contribution in [0.5, 0.6) is 5.75 Å². The molecule has 2 aromatic carbocycles. The quantitative estimate of drug-likeness (QED) is 0.672. The van der Waals surface area contributed by atoms with Crippen LogP contribution in [0.15, 0.2) is 48.7 Å². The third kappa shape index (κ3) is 3.56. The van der Waals surface area contributed by atoms with Gasteiger partial charge in [0.1, 0.15) is 5.75 Å². The van der Waals surface area contributed by atoms with Crippen molar-refractivity contribution in [2.75, 3.05) is 13.7 Å². The highest BCUT2D eigenvalue weighted by atomic mass is 35.5. The lowest BCUT2D eigenvalue weighted by atomic mass is 9.83. The molecule has 4 nitrogen and oxygen atoms in total. The highest BCUT2D eigenvalue weighted by Crippen LogP contribution is 2.32. The van der Waals surface area contributed by atoms with E-state index in [4.69, 9.17) is 16.3 Å². The zero-order chi connectivity index (χ0) is 18.7. The lowest BCUT2D eigenvalue weighted by Crippen LogP contribution is -2.40. The third-order valence-electron chi connectivity index (χ3n) is 4.76. The summed E-state index contributed by atoms with van der Waals surface area (Å²) in [6.45, 7) is 4.40. The summed E-state index contributed by atoms with van der Waals surface area (Å²) in [4.78, 5) is 16.1. The first-order chi connectivity index (χ1) is 12.4. The number of H-pyrrole nitrogens is 1. The first-order valence-electron chi connectivity index (χ1n) is 8.61. The Kier molecular flexibility index (Phi) is 5.23. The Hall–Kier alpha value is -2.46. The molecule has 1 amide bonds. The number of aromatic amines is 1. The molecular formula is C21H23ClN2O2. The minimum absolute atomic E-state index is 0.0201. The summed E-state index contributed by atoms with van der Waals surface area (Å²) in [6, 6.07) is 13.5. The van der Waals surface area contributed by atoms with E-state index in [1.165, 1.54) is 0 Å². The number of aromatic nitrogens is 1. The molecule has 5 heteroatoms. The number of carbonyl (C=O) groups is 1. The SMILES string of the molecule is COc1ccccc1CCNC(=O)C(C)(C)c1c[nH]c2ccc(Cl)cc12. The van der Waals surface area contributed by atoms with Gasteiger partial charge in [-0.3, -0.25) is 4.79 Å². The van der Waals surface area contributed by atoms with Gasteiger partial charge in [-0.05, 0) is 55.7 Å². The number of hydrogen-bond donors (Lipinski definition) is 2. The predicted octanol–water partition coefficient (Wildman–Crippen LogP) is 4.47. The number of methoxy groups -OCH3 is 1. The van der Waals surface area contributed by atoms with E-state index >= 15 is 0 Å². The fourth-order valence-electron chi connectivity index (χ4n) is 3.17.